The lowest BCUT2D eigenvalue weighted by Crippen LogP contribution is -2.65. The Bertz CT molecular complexity index is 1010. The van der Waals surface area contributed by atoms with Crippen molar-refractivity contribution in [3.8, 4) is 0 Å². The second-order valence-electron chi connectivity index (χ2n) is 12.6. The Morgan fingerprint density at radius 1 is 1.11 bits per heavy atom. The van der Waals surface area contributed by atoms with Crippen LogP contribution in [0.5, 0.6) is 0 Å². The third kappa shape index (κ3) is 3.33. The molecule has 36 heavy (non-hydrogen) atoms. The van der Waals surface area contributed by atoms with Crippen LogP contribution in [-0.4, -0.2) is 68.5 Å². The van der Waals surface area contributed by atoms with E-state index in [0.29, 0.717) is 17.1 Å². The summed E-state index contributed by atoms with van der Waals surface area (Å²) in [6.07, 6.45) is 6.70. The van der Waals surface area contributed by atoms with Crippen molar-refractivity contribution in [1.29, 1.82) is 0 Å². The standard InChI is InChI=1S/C28H40O8/c1-15-10-20-26(32,22(15)30)12-18(13-29)11-19-21-25(3,4)28(21,34)23(16(2)27(19,20)33)36-24(31)35-14-17-8-6-5-7-9-17/h10-11,16-17,19-21,23,29,32-34H,5-9,12-14H2,1-4H3/t16-,19+,20-,21+,23-,26-,27-,28-/m1/s1. The predicted molar refractivity (Wildman–Crippen MR) is 130 cm³/mol. The number of hydrogen-bond acceptors (Lipinski definition) is 8. The fraction of sp³-hybridized carbons (Fsp3) is 0.786. The third-order valence-corrected chi connectivity index (χ3v) is 10.4. The summed E-state index contributed by atoms with van der Waals surface area (Å²) >= 11 is 0. The van der Waals surface area contributed by atoms with Gasteiger partial charge in [0.1, 0.15) is 17.3 Å². The van der Waals surface area contributed by atoms with Gasteiger partial charge in [-0.1, -0.05) is 52.2 Å². The van der Waals surface area contributed by atoms with E-state index >= 15 is 0 Å². The number of hydrogen-bond donors (Lipinski definition) is 4. The van der Waals surface area contributed by atoms with E-state index in [1.807, 2.05) is 13.8 Å². The molecule has 200 valence electrons. The Kier molecular flexibility index (Phi) is 6.03. The molecule has 0 unspecified atom stereocenters. The number of rotatable bonds is 4. The maximum atomic E-state index is 13.1. The Balaban J connectivity index is 1.49. The van der Waals surface area contributed by atoms with Crippen LogP contribution in [-0.2, 0) is 14.3 Å². The van der Waals surface area contributed by atoms with Crippen molar-refractivity contribution in [1.82, 2.24) is 0 Å². The van der Waals surface area contributed by atoms with Crippen LogP contribution in [0.15, 0.2) is 23.3 Å². The molecule has 0 aromatic heterocycles. The van der Waals surface area contributed by atoms with Crippen LogP contribution < -0.4 is 0 Å². The summed E-state index contributed by atoms with van der Waals surface area (Å²) in [4.78, 5) is 25.9. The molecule has 8 atom stereocenters. The molecule has 0 aromatic carbocycles. The molecule has 8 heteroatoms. The first-order valence-corrected chi connectivity index (χ1v) is 13.4. The highest BCUT2D eigenvalue weighted by Crippen LogP contribution is 2.75. The molecule has 5 rings (SSSR count). The average Bonchev–Trinajstić information content (AvgIpc) is 3.24. The molecule has 0 aliphatic heterocycles. The molecular formula is C28H40O8. The van der Waals surface area contributed by atoms with Crippen LogP contribution in [0.3, 0.4) is 0 Å². The molecule has 0 saturated heterocycles. The second-order valence-corrected chi connectivity index (χ2v) is 12.6. The summed E-state index contributed by atoms with van der Waals surface area (Å²) in [5.74, 6) is -3.18. The quantitative estimate of drug-likeness (QED) is 0.339. The van der Waals surface area contributed by atoms with Crippen LogP contribution in [0.1, 0.15) is 66.2 Å². The zero-order valence-corrected chi connectivity index (χ0v) is 21.7. The molecule has 4 N–H and O–H groups in total. The van der Waals surface area contributed by atoms with Gasteiger partial charge in [0, 0.05) is 35.5 Å². The van der Waals surface area contributed by atoms with Gasteiger partial charge in [0.05, 0.1) is 18.8 Å². The van der Waals surface area contributed by atoms with Crippen molar-refractivity contribution in [2.45, 2.75) is 89.1 Å². The largest absolute Gasteiger partial charge is 0.508 e. The number of carbonyl (C=O) groups is 2. The van der Waals surface area contributed by atoms with E-state index in [4.69, 9.17) is 9.47 Å². The highest BCUT2D eigenvalue weighted by molar-refractivity contribution is 6.04. The minimum Gasteiger partial charge on any atom is -0.434 e. The monoisotopic (exact) mass is 504 g/mol. The van der Waals surface area contributed by atoms with Crippen LogP contribution in [0.2, 0.25) is 0 Å². The molecule has 3 fully saturated rings. The van der Waals surface area contributed by atoms with Crippen molar-refractivity contribution in [2.75, 3.05) is 13.2 Å². The van der Waals surface area contributed by atoms with Gasteiger partial charge in [0.25, 0.3) is 0 Å². The lowest BCUT2D eigenvalue weighted by Gasteiger charge is -2.52. The Morgan fingerprint density at radius 3 is 2.42 bits per heavy atom. The van der Waals surface area contributed by atoms with Gasteiger partial charge in [0.2, 0.25) is 0 Å². The van der Waals surface area contributed by atoms with Crippen molar-refractivity contribution >= 4 is 11.9 Å². The SMILES string of the molecule is CC1=C[C@H]2[C@@]3(O)[C@H](C)[C@@H](OC(=O)OCC4CCCCC4)[C@]4(O)[C@@H]([C@@H]3C=C(CO)C[C@]2(O)C1=O)C4(C)C. The van der Waals surface area contributed by atoms with Crippen LogP contribution >= 0.6 is 0 Å². The van der Waals surface area contributed by atoms with Gasteiger partial charge in [-0.25, -0.2) is 4.79 Å². The molecule has 3 saturated carbocycles. The fourth-order valence-corrected chi connectivity index (χ4v) is 8.28. The van der Waals surface area contributed by atoms with Gasteiger partial charge in [0.15, 0.2) is 5.78 Å². The number of Topliss-reactive ketones (excluding diaryl/α,β-unsaturated/α-hetero) is 1. The summed E-state index contributed by atoms with van der Waals surface area (Å²) < 4.78 is 11.3. The Hall–Kier alpha value is -1.74. The number of carbonyl (C=O) groups excluding carboxylic acids is 2. The number of aliphatic hydroxyl groups is 4. The number of ether oxygens (including phenoxy) is 2. The van der Waals surface area contributed by atoms with E-state index in [1.54, 1.807) is 26.0 Å². The van der Waals surface area contributed by atoms with Crippen molar-refractivity contribution < 1.29 is 39.5 Å². The summed E-state index contributed by atoms with van der Waals surface area (Å²) in [5, 5.41) is 46.0. The van der Waals surface area contributed by atoms with Crippen molar-refractivity contribution in [3.05, 3.63) is 23.3 Å². The molecule has 0 spiro atoms. The first kappa shape index (κ1) is 25.9. The number of fused-ring (bicyclic) bond motifs is 5. The Morgan fingerprint density at radius 2 is 1.78 bits per heavy atom. The summed E-state index contributed by atoms with van der Waals surface area (Å²) in [7, 11) is 0. The van der Waals surface area contributed by atoms with E-state index in [2.05, 4.69) is 0 Å². The number of ketones is 1. The molecule has 0 aromatic rings. The summed E-state index contributed by atoms with van der Waals surface area (Å²) in [6.45, 7) is 6.92. The molecular weight excluding hydrogens is 464 g/mol. The third-order valence-electron chi connectivity index (χ3n) is 10.4. The van der Waals surface area contributed by atoms with E-state index < -0.39 is 63.9 Å². The van der Waals surface area contributed by atoms with Gasteiger partial charge in [-0.05, 0) is 36.8 Å². The van der Waals surface area contributed by atoms with Gasteiger partial charge in [-0.15, -0.1) is 0 Å². The minimum atomic E-state index is -1.92. The first-order valence-electron chi connectivity index (χ1n) is 13.4. The van der Waals surface area contributed by atoms with Crippen molar-refractivity contribution in [3.63, 3.8) is 0 Å². The molecule has 5 aliphatic carbocycles. The second kappa shape index (κ2) is 8.38. The van der Waals surface area contributed by atoms with E-state index in [9.17, 15) is 30.0 Å². The lowest BCUT2D eigenvalue weighted by atomic mass is 9.59. The Labute approximate surface area is 212 Å². The van der Waals surface area contributed by atoms with Gasteiger partial charge < -0.3 is 29.9 Å². The summed E-state index contributed by atoms with van der Waals surface area (Å²) in [6, 6.07) is 0. The van der Waals surface area contributed by atoms with E-state index in [1.165, 1.54) is 6.42 Å². The molecule has 0 heterocycles. The average molecular weight is 505 g/mol. The summed E-state index contributed by atoms with van der Waals surface area (Å²) in [5.41, 5.74) is -5.00. The molecule has 0 bridgehead atoms. The maximum absolute atomic E-state index is 13.1. The lowest BCUT2D eigenvalue weighted by molar-refractivity contribution is -0.213. The van der Waals surface area contributed by atoms with Crippen LogP contribution in [0.25, 0.3) is 0 Å². The first-order chi connectivity index (χ1) is 16.8. The van der Waals surface area contributed by atoms with E-state index in [0.717, 1.165) is 25.7 Å². The number of aliphatic hydroxyl groups excluding tert-OH is 1. The van der Waals surface area contributed by atoms with E-state index in [-0.39, 0.29) is 19.6 Å². The van der Waals surface area contributed by atoms with Gasteiger partial charge >= 0.3 is 6.16 Å². The molecule has 8 nitrogen and oxygen atoms in total. The smallest absolute Gasteiger partial charge is 0.434 e. The molecule has 5 aliphatic rings. The van der Waals surface area contributed by atoms with Crippen LogP contribution in [0.4, 0.5) is 4.79 Å². The zero-order valence-electron chi connectivity index (χ0n) is 21.7. The molecule has 0 radical (unpaired) electrons. The predicted octanol–water partition coefficient (Wildman–Crippen LogP) is 2.67. The fourth-order valence-electron chi connectivity index (χ4n) is 8.28. The van der Waals surface area contributed by atoms with Gasteiger partial charge in [-0.3, -0.25) is 4.79 Å². The highest BCUT2D eigenvalue weighted by Gasteiger charge is 2.85. The van der Waals surface area contributed by atoms with Crippen LogP contribution in [0, 0.1) is 35.0 Å². The van der Waals surface area contributed by atoms with Crippen molar-refractivity contribution in [2.24, 2.45) is 35.0 Å². The topological polar surface area (TPSA) is 134 Å². The highest BCUT2D eigenvalue weighted by atomic mass is 16.7. The zero-order chi connectivity index (χ0) is 26.3. The minimum absolute atomic E-state index is 0.104. The van der Waals surface area contributed by atoms with Gasteiger partial charge in [-0.2, -0.15) is 0 Å². The normalized spacial score (nSPS) is 45.4. The maximum Gasteiger partial charge on any atom is 0.508 e. The molecule has 0 amide bonds.